The van der Waals surface area contributed by atoms with Gasteiger partial charge in [-0.25, -0.2) is 0 Å². The van der Waals surface area contributed by atoms with E-state index in [4.69, 9.17) is 8.39 Å². The second kappa shape index (κ2) is 10.8. The first-order chi connectivity index (χ1) is 17.6. The summed E-state index contributed by atoms with van der Waals surface area (Å²) in [5.74, 6) is 0. The maximum absolute atomic E-state index is 6.80. The minimum atomic E-state index is -1.46. The highest BCUT2D eigenvalue weighted by Gasteiger charge is 2.30. The third-order valence-corrected chi connectivity index (χ3v) is 8.95. The molecule has 0 unspecified atom stereocenters. The van der Waals surface area contributed by atoms with Gasteiger partial charge < -0.3 is 8.39 Å². The Bertz CT molecular complexity index is 1410. The molecule has 0 N–H and O–H groups in total. The standard InChI is InChI=1S/C32H34NO2P/c1-5-25-15-7-9-17-27(25)23(3)33(24(4)28-18-10-8-16-26(28)6-2)36-34-31-21-13-11-19-29(31)30-20-12-14-22-32(30)35-36/h7-24H,5-6H2,1-4H3/t23-,24-/m1/s1. The van der Waals surface area contributed by atoms with Crippen LogP contribution >= 0.6 is 8.16 Å². The van der Waals surface area contributed by atoms with Crippen LogP contribution < -0.4 is 4.67 Å². The highest BCUT2D eigenvalue weighted by molar-refractivity contribution is 7.39. The average Bonchev–Trinajstić information content (AvgIpc) is 3.09. The smallest absolute Gasteiger partial charge is 0.310 e. The average molecular weight is 496 g/mol. The first-order valence-corrected chi connectivity index (χ1v) is 14.0. The fraction of sp³-hybridized carbons (Fsp3) is 0.250. The summed E-state index contributed by atoms with van der Waals surface area (Å²) in [7, 11) is -1.46. The first-order valence-electron chi connectivity index (χ1n) is 12.9. The van der Waals surface area contributed by atoms with Gasteiger partial charge in [0.15, 0.2) is 0 Å². The molecule has 0 bridgehead atoms. The van der Waals surface area contributed by atoms with E-state index in [0.29, 0.717) is 0 Å². The molecule has 4 heteroatoms. The molecule has 3 nitrogen and oxygen atoms in total. The van der Waals surface area contributed by atoms with Gasteiger partial charge in [0.1, 0.15) is 11.2 Å². The number of hydrogen-bond acceptors (Lipinski definition) is 3. The minimum Gasteiger partial charge on any atom is -0.408 e. The summed E-state index contributed by atoms with van der Waals surface area (Å²) in [6.07, 6.45) is 1.97. The largest absolute Gasteiger partial charge is 0.408 e. The van der Waals surface area contributed by atoms with Crippen molar-refractivity contribution in [3.63, 3.8) is 0 Å². The topological polar surface area (TPSA) is 29.5 Å². The van der Waals surface area contributed by atoms with Crippen LogP contribution in [0.5, 0.6) is 0 Å². The van der Waals surface area contributed by atoms with Gasteiger partial charge in [-0.3, -0.25) is 0 Å². The minimum absolute atomic E-state index is 0.0876. The molecule has 0 amide bonds. The molecule has 4 aromatic carbocycles. The Morgan fingerprint density at radius 2 is 0.972 bits per heavy atom. The van der Waals surface area contributed by atoms with Crippen LogP contribution in [-0.2, 0) is 12.8 Å². The maximum atomic E-state index is 6.80. The summed E-state index contributed by atoms with van der Waals surface area (Å²) in [6.45, 7) is 9.03. The first kappa shape index (κ1) is 24.4. The fourth-order valence-electron chi connectivity index (χ4n) is 5.25. The van der Waals surface area contributed by atoms with Gasteiger partial charge in [0, 0.05) is 22.9 Å². The van der Waals surface area contributed by atoms with E-state index in [9.17, 15) is 0 Å². The van der Waals surface area contributed by atoms with E-state index < -0.39 is 8.16 Å². The Morgan fingerprint density at radius 3 is 1.42 bits per heavy atom. The van der Waals surface area contributed by atoms with Crippen molar-refractivity contribution in [1.82, 2.24) is 0 Å². The van der Waals surface area contributed by atoms with Crippen LogP contribution in [0.2, 0.25) is 0 Å². The molecule has 0 aliphatic carbocycles. The van der Waals surface area contributed by atoms with Crippen molar-refractivity contribution in [1.29, 1.82) is 0 Å². The lowest BCUT2D eigenvalue weighted by Crippen LogP contribution is -2.28. The molecule has 1 heterocycles. The van der Waals surface area contributed by atoms with Crippen molar-refractivity contribution in [2.24, 2.45) is 0 Å². The predicted octanol–water partition coefficient (Wildman–Crippen LogP) is 9.88. The van der Waals surface area contributed by atoms with Gasteiger partial charge in [-0.05, 0) is 61.1 Å². The maximum Gasteiger partial charge on any atom is 0.310 e. The number of rotatable bonds is 7. The molecule has 0 spiro atoms. The van der Waals surface area contributed by atoms with Gasteiger partial charge >= 0.3 is 8.16 Å². The number of aryl methyl sites for hydroxylation is 2. The van der Waals surface area contributed by atoms with Gasteiger partial charge in [-0.15, -0.1) is 0 Å². The highest BCUT2D eigenvalue weighted by Crippen LogP contribution is 2.46. The van der Waals surface area contributed by atoms with Crippen LogP contribution in [0.15, 0.2) is 105 Å². The summed E-state index contributed by atoms with van der Waals surface area (Å²) >= 11 is 0. The lowest BCUT2D eigenvalue weighted by molar-refractivity contribution is 0.555. The molecule has 5 rings (SSSR count). The number of benzene rings is 4. The van der Waals surface area contributed by atoms with Crippen LogP contribution in [0.4, 0.5) is 0 Å². The Kier molecular flexibility index (Phi) is 7.32. The van der Waals surface area contributed by atoms with Crippen molar-refractivity contribution < 1.29 is 8.39 Å². The molecular weight excluding hydrogens is 461 g/mol. The molecule has 0 aliphatic rings. The Labute approximate surface area is 215 Å². The van der Waals surface area contributed by atoms with Gasteiger partial charge in [-0.1, -0.05) is 98.8 Å². The van der Waals surface area contributed by atoms with Crippen molar-refractivity contribution in [2.45, 2.75) is 52.6 Å². The second-order valence-corrected chi connectivity index (χ2v) is 10.6. The third-order valence-electron chi connectivity index (χ3n) is 7.17. The van der Waals surface area contributed by atoms with Crippen LogP contribution in [-0.4, -0.2) is 0 Å². The molecular formula is C32H34NO2P. The quantitative estimate of drug-likeness (QED) is 0.225. The van der Waals surface area contributed by atoms with E-state index in [-0.39, 0.29) is 12.1 Å². The van der Waals surface area contributed by atoms with E-state index in [2.05, 4.69) is 117 Å². The van der Waals surface area contributed by atoms with Crippen LogP contribution in [0.3, 0.4) is 0 Å². The van der Waals surface area contributed by atoms with Gasteiger partial charge in [0.25, 0.3) is 0 Å². The summed E-state index contributed by atoms with van der Waals surface area (Å²) < 4.78 is 16.1. The summed E-state index contributed by atoms with van der Waals surface area (Å²) in [5.41, 5.74) is 7.09. The summed E-state index contributed by atoms with van der Waals surface area (Å²) in [6, 6.07) is 34.2. The highest BCUT2D eigenvalue weighted by atomic mass is 31.1. The van der Waals surface area contributed by atoms with Crippen LogP contribution in [0.25, 0.3) is 21.9 Å². The summed E-state index contributed by atoms with van der Waals surface area (Å²) in [5, 5.41) is 2.14. The monoisotopic (exact) mass is 495 g/mol. The molecule has 2 atom stereocenters. The lowest BCUT2D eigenvalue weighted by Gasteiger charge is -2.33. The molecule has 0 radical (unpaired) electrons. The normalized spacial score (nSPS) is 13.2. The van der Waals surface area contributed by atoms with Gasteiger partial charge in [-0.2, -0.15) is 4.67 Å². The SMILES string of the molecule is CCc1ccccc1[C@@H](C)N([C@H](C)c1ccccc1CC)p1oc2ccccc2c2ccccc2o1. The Balaban J connectivity index is 1.79. The van der Waals surface area contributed by atoms with Crippen LogP contribution in [0, 0.1) is 0 Å². The zero-order chi connectivity index (χ0) is 25.1. The number of fused-ring (bicyclic) bond motifs is 3. The van der Waals surface area contributed by atoms with Crippen molar-refractivity contribution in [3.8, 4) is 0 Å². The zero-order valence-corrected chi connectivity index (χ0v) is 22.4. The van der Waals surface area contributed by atoms with E-state index in [0.717, 1.165) is 34.8 Å². The predicted molar refractivity (Wildman–Crippen MR) is 153 cm³/mol. The molecule has 1 aromatic heterocycles. The van der Waals surface area contributed by atoms with E-state index in [1.54, 1.807) is 0 Å². The molecule has 0 saturated carbocycles. The fourth-order valence-corrected chi connectivity index (χ4v) is 6.94. The van der Waals surface area contributed by atoms with Crippen molar-refractivity contribution in [2.75, 3.05) is 4.67 Å². The second-order valence-electron chi connectivity index (χ2n) is 9.25. The molecule has 5 aromatic rings. The number of nitrogens with zero attached hydrogens (tertiary/aromatic N) is 1. The molecule has 0 fully saturated rings. The Hall–Kier alpha value is -3.26. The molecule has 36 heavy (non-hydrogen) atoms. The number of para-hydroxylation sites is 2. The zero-order valence-electron chi connectivity index (χ0n) is 21.5. The van der Waals surface area contributed by atoms with E-state index in [1.807, 2.05) is 12.1 Å². The molecule has 0 saturated heterocycles. The van der Waals surface area contributed by atoms with Crippen LogP contribution in [0.1, 0.15) is 62.0 Å². The van der Waals surface area contributed by atoms with Crippen molar-refractivity contribution >= 4 is 30.1 Å². The van der Waals surface area contributed by atoms with Gasteiger partial charge in [0.2, 0.25) is 0 Å². The van der Waals surface area contributed by atoms with Crippen molar-refractivity contribution in [3.05, 3.63) is 119 Å². The molecule has 184 valence electrons. The lowest BCUT2D eigenvalue weighted by atomic mass is 9.96. The molecule has 0 aliphatic heterocycles. The summed E-state index contributed by atoms with van der Waals surface area (Å²) in [4.78, 5) is 0. The third kappa shape index (κ3) is 4.62. The van der Waals surface area contributed by atoms with E-state index in [1.165, 1.54) is 22.3 Å². The van der Waals surface area contributed by atoms with Gasteiger partial charge in [0.05, 0.1) is 0 Å². The number of hydrogen-bond donors (Lipinski definition) is 0. The Morgan fingerprint density at radius 1 is 0.583 bits per heavy atom. The van der Waals surface area contributed by atoms with E-state index >= 15 is 0 Å².